The van der Waals surface area contributed by atoms with Crippen molar-refractivity contribution in [2.75, 3.05) is 24.5 Å². The molecule has 88 valence electrons. The zero-order valence-corrected chi connectivity index (χ0v) is 9.38. The number of nitro groups is 1. The van der Waals surface area contributed by atoms with Crippen LogP contribution in [0.15, 0.2) is 6.20 Å². The Balaban J connectivity index is 2.28. The van der Waals surface area contributed by atoms with E-state index in [0.29, 0.717) is 11.9 Å². The number of hydrogen-bond acceptors (Lipinski definition) is 5. The summed E-state index contributed by atoms with van der Waals surface area (Å²) in [4.78, 5) is 12.4. The normalized spacial score (nSPS) is 21.1. The quantitative estimate of drug-likeness (QED) is 0.571. The van der Waals surface area contributed by atoms with E-state index in [9.17, 15) is 10.1 Å². The molecule has 16 heavy (non-hydrogen) atoms. The van der Waals surface area contributed by atoms with Crippen molar-refractivity contribution in [3.63, 3.8) is 0 Å². The average molecular weight is 225 g/mol. The standard InChI is InChI=1S/C9H15N5O2/c1-7-5-13(4-3-10-7)9-8(14(15)16)6-12(2)11-9/h6-7,10H,3-5H2,1-2H3/t7-/m1/s1. The highest BCUT2D eigenvalue weighted by molar-refractivity contribution is 5.57. The summed E-state index contributed by atoms with van der Waals surface area (Å²) in [6, 6.07) is 0.329. The third kappa shape index (κ3) is 1.99. The molecule has 1 atom stereocenters. The molecular weight excluding hydrogens is 210 g/mol. The van der Waals surface area contributed by atoms with Crippen LogP contribution < -0.4 is 10.2 Å². The van der Waals surface area contributed by atoms with Crippen LogP contribution in [0.1, 0.15) is 6.92 Å². The van der Waals surface area contributed by atoms with Crippen LogP contribution in [0.3, 0.4) is 0 Å². The van der Waals surface area contributed by atoms with Gasteiger partial charge in [-0.05, 0) is 6.92 Å². The Hall–Kier alpha value is -1.63. The minimum atomic E-state index is -0.380. The van der Waals surface area contributed by atoms with Crippen molar-refractivity contribution in [2.24, 2.45) is 7.05 Å². The number of anilines is 1. The van der Waals surface area contributed by atoms with Gasteiger partial charge in [0.15, 0.2) is 0 Å². The second-order valence-corrected chi connectivity index (χ2v) is 4.07. The summed E-state index contributed by atoms with van der Waals surface area (Å²) in [5, 5.41) is 18.3. The lowest BCUT2D eigenvalue weighted by Gasteiger charge is -2.31. The third-order valence-corrected chi connectivity index (χ3v) is 2.66. The second-order valence-electron chi connectivity index (χ2n) is 4.07. The Bertz CT molecular complexity index is 403. The van der Waals surface area contributed by atoms with Gasteiger partial charge in [-0.25, -0.2) is 0 Å². The van der Waals surface area contributed by atoms with E-state index >= 15 is 0 Å². The maximum Gasteiger partial charge on any atom is 0.330 e. The summed E-state index contributed by atoms with van der Waals surface area (Å²) in [7, 11) is 1.70. The zero-order valence-electron chi connectivity index (χ0n) is 9.38. The highest BCUT2D eigenvalue weighted by Gasteiger charge is 2.26. The molecule has 1 aliphatic rings. The number of aromatic nitrogens is 2. The summed E-state index contributed by atoms with van der Waals surface area (Å²) in [5.41, 5.74) is 0.0802. The minimum absolute atomic E-state index is 0.0802. The van der Waals surface area contributed by atoms with Gasteiger partial charge in [-0.3, -0.25) is 14.8 Å². The van der Waals surface area contributed by atoms with Crippen LogP contribution in [-0.4, -0.2) is 40.4 Å². The van der Waals surface area contributed by atoms with Crippen LogP contribution in [0.4, 0.5) is 11.5 Å². The summed E-state index contributed by atoms with van der Waals surface area (Å²) in [5.74, 6) is 0.473. The first-order chi connectivity index (χ1) is 7.58. The van der Waals surface area contributed by atoms with E-state index in [1.165, 1.54) is 10.9 Å². The maximum atomic E-state index is 10.9. The van der Waals surface area contributed by atoms with Gasteiger partial charge in [0.1, 0.15) is 6.20 Å². The highest BCUT2D eigenvalue weighted by Crippen LogP contribution is 2.26. The van der Waals surface area contributed by atoms with Gasteiger partial charge >= 0.3 is 5.69 Å². The SMILES string of the molecule is C[C@@H]1CN(c2nn(C)cc2[N+](=O)[O-])CCN1. The molecule has 0 saturated carbocycles. The van der Waals surface area contributed by atoms with Gasteiger partial charge < -0.3 is 10.2 Å². The van der Waals surface area contributed by atoms with Gasteiger partial charge in [-0.2, -0.15) is 0 Å². The van der Waals surface area contributed by atoms with Crippen LogP contribution in [-0.2, 0) is 7.05 Å². The minimum Gasteiger partial charge on any atom is -0.347 e. The first kappa shape index (κ1) is 10.9. The second kappa shape index (κ2) is 4.09. The molecule has 0 spiro atoms. The van der Waals surface area contributed by atoms with E-state index in [1.54, 1.807) is 7.05 Å². The fourth-order valence-corrected chi connectivity index (χ4v) is 1.94. The molecule has 0 bridgehead atoms. The molecule has 2 heterocycles. The average Bonchev–Trinajstić information content (AvgIpc) is 2.60. The van der Waals surface area contributed by atoms with E-state index in [-0.39, 0.29) is 10.6 Å². The van der Waals surface area contributed by atoms with E-state index < -0.39 is 0 Å². The Morgan fingerprint density at radius 2 is 2.44 bits per heavy atom. The monoisotopic (exact) mass is 225 g/mol. The fourth-order valence-electron chi connectivity index (χ4n) is 1.94. The van der Waals surface area contributed by atoms with Crippen molar-refractivity contribution in [2.45, 2.75) is 13.0 Å². The fraction of sp³-hybridized carbons (Fsp3) is 0.667. The van der Waals surface area contributed by atoms with Crippen LogP contribution in [0, 0.1) is 10.1 Å². The smallest absolute Gasteiger partial charge is 0.330 e. The van der Waals surface area contributed by atoms with E-state index in [2.05, 4.69) is 17.3 Å². The molecule has 1 fully saturated rings. The summed E-state index contributed by atoms with van der Waals surface area (Å²) < 4.78 is 1.49. The molecule has 0 unspecified atom stereocenters. The maximum absolute atomic E-state index is 10.9. The number of piperazine rings is 1. The number of nitrogens with one attached hydrogen (secondary N) is 1. The van der Waals surface area contributed by atoms with Crippen molar-refractivity contribution in [1.82, 2.24) is 15.1 Å². The molecule has 0 radical (unpaired) electrons. The van der Waals surface area contributed by atoms with Crippen molar-refractivity contribution < 1.29 is 4.92 Å². The van der Waals surface area contributed by atoms with Crippen molar-refractivity contribution in [3.8, 4) is 0 Å². The van der Waals surface area contributed by atoms with Gasteiger partial charge in [0.05, 0.1) is 4.92 Å². The lowest BCUT2D eigenvalue weighted by Crippen LogP contribution is -2.49. The van der Waals surface area contributed by atoms with Crippen molar-refractivity contribution in [3.05, 3.63) is 16.3 Å². The molecular formula is C9H15N5O2. The molecule has 7 heteroatoms. The number of nitrogens with zero attached hydrogens (tertiary/aromatic N) is 4. The van der Waals surface area contributed by atoms with Gasteiger partial charge in [0, 0.05) is 32.7 Å². The predicted octanol–water partition coefficient (Wildman–Crippen LogP) is 0.126. The molecule has 2 rings (SSSR count). The van der Waals surface area contributed by atoms with Crippen molar-refractivity contribution >= 4 is 11.5 Å². The van der Waals surface area contributed by atoms with E-state index in [4.69, 9.17) is 0 Å². The molecule has 0 aliphatic carbocycles. The van der Waals surface area contributed by atoms with Crippen LogP contribution in [0.25, 0.3) is 0 Å². The van der Waals surface area contributed by atoms with Gasteiger partial charge in [0.25, 0.3) is 0 Å². The number of hydrogen-bond donors (Lipinski definition) is 1. The molecule has 0 amide bonds. The molecule has 1 saturated heterocycles. The predicted molar refractivity (Wildman–Crippen MR) is 59.5 cm³/mol. The Kier molecular flexibility index (Phi) is 2.78. The Morgan fingerprint density at radius 1 is 1.69 bits per heavy atom. The molecule has 1 aliphatic heterocycles. The number of rotatable bonds is 2. The topological polar surface area (TPSA) is 76.2 Å². The molecule has 0 aromatic carbocycles. The Morgan fingerprint density at radius 3 is 3.06 bits per heavy atom. The summed E-state index contributed by atoms with van der Waals surface area (Å²) in [6.07, 6.45) is 1.45. The number of aryl methyl sites for hydroxylation is 1. The summed E-state index contributed by atoms with van der Waals surface area (Å²) in [6.45, 7) is 4.38. The molecule has 1 aromatic heterocycles. The Labute approximate surface area is 93.2 Å². The van der Waals surface area contributed by atoms with E-state index in [0.717, 1.165) is 19.6 Å². The first-order valence-electron chi connectivity index (χ1n) is 5.24. The largest absolute Gasteiger partial charge is 0.347 e. The lowest BCUT2D eigenvalue weighted by atomic mass is 10.2. The zero-order chi connectivity index (χ0) is 11.7. The highest BCUT2D eigenvalue weighted by atomic mass is 16.6. The molecule has 1 N–H and O–H groups in total. The lowest BCUT2D eigenvalue weighted by molar-refractivity contribution is -0.384. The van der Waals surface area contributed by atoms with Crippen LogP contribution in [0.5, 0.6) is 0 Å². The first-order valence-corrected chi connectivity index (χ1v) is 5.24. The third-order valence-electron chi connectivity index (χ3n) is 2.66. The van der Waals surface area contributed by atoms with E-state index in [1.807, 2.05) is 4.90 Å². The van der Waals surface area contributed by atoms with Crippen LogP contribution >= 0.6 is 0 Å². The van der Waals surface area contributed by atoms with Gasteiger partial charge in [-0.1, -0.05) is 0 Å². The molecule has 7 nitrogen and oxygen atoms in total. The van der Waals surface area contributed by atoms with Gasteiger partial charge in [-0.15, -0.1) is 5.10 Å². The van der Waals surface area contributed by atoms with Gasteiger partial charge in [0.2, 0.25) is 5.82 Å². The van der Waals surface area contributed by atoms with Crippen LogP contribution in [0.2, 0.25) is 0 Å². The molecule has 1 aromatic rings. The van der Waals surface area contributed by atoms with Crippen molar-refractivity contribution in [1.29, 1.82) is 0 Å². The summed E-state index contributed by atoms with van der Waals surface area (Å²) >= 11 is 0.